The summed E-state index contributed by atoms with van der Waals surface area (Å²) in [6, 6.07) is 9.73. The average Bonchev–Trinajstić information content (AvgIpc) is 3.34. The number of hydrogen-bond donors (Lipinski definition) is 5. The number of aliphatic hydroxyl groups is 1. The van der Waals surface area contributed by atoms with Gasteiger partial charge in [-0.1, -0.05) is 24.3 Å². The van der Waals surface area contributed by atoms with Crippen LogP contribution in [0.15, 0.2) is 48.6 Å². The molecule has 0 radical (unpaired) electrons. The number of rotatable bonds is 6. The zero-order valence-corrected chi connectivity index (χ0v) is 24.9. The number of hydrogen-bond acceptors (Lipinski definition) is 5. The van der Waals surface area contributed by atoms with Crippen LogP contribution < -0.4 is 11.5 Å². The van der Waals surface area contributed by atoms with Crippen molar-refractivity contribution in [1.82, 2.24) is 24.6 Å². The second kappa shape index (κ2) is 12.5. The summed E-state index contributed by atoms with van der Waals surface area (Å²) >= 11 is 0. The van der Waals surface area contributed by atoms with E-state index in [2.05, 4.69) is 10.2 Å². The SMILES string of the molecule is CC(C)(O)Cn1c(-c2ccc(C3=CCN(C(=N)N)CC3)cc2F)nnc1-c1ccc(C2=CCN(C(=N)N)CC2)cc1F.Cl. The summed E-state index contributed by atoms with van der Waals surface area (Å²) in [5.74, 6) is -0.659. The molecule has 1 aromatic heterocycles. The van der Waals surface area contributed by atoms with Crippen molar-refractivity contribution in [3.8, 4) is 22.8 Å². The van der Waals surface area contributed by atoms with Crippen LogP contribution >= 0.6 is 12.4 Å². The van der Waals surface area contributed by atoms with Gasteiger partial charge in [-0.05, 0) is 73.2 Å². The molecular weight excluding hydrogens is 576 g/mol. The highest BCUT2D eigenvalue weighted by atomic mass is 35.5. The van der Waals surface area contributed by atoms with Crippen molar-refractivity contribution in [2.45, 2.75) is 38.8 Å². The standard InChI is InChI=1S/C30H35F2N9O.ClH/c1-30(2,42)17-41-26(22-5-3-20(15-24(22)31)18-7-11-39(12-8-18)28(33)34)37-38-27(41)23-6-4-21(16-25(23)32)19-9-13-40(14-10-19)29(35)36;/h3-7,9,15-16,42H,8,10-14,17H2,1-2H3,(H3,33,34)(H3,35,36);1H. The number of nitrogens with one attached hydrogen (secondary N) is 2. The molecule has 0 saturated heterocycles. The summed E-state index contributed by atoms with van der Waals surface area (Å²) in [5, 5.41) is 34.4. The van der Waals surface area contributed by atoms with E-state index in [1.54, 1.807) is 52.5 Å². The van der Waals surface area contributed by atoms with Crippen LogP contribution in [-0.4, -0.2) is 73.4 Å². The van der Waals surface area contributed by atoms with Crippen molar-refractivity contribution in [3.05, 3.63) is 71.3 Å². The zero-order valence-electron chi connectivity index (χ0n) is 24.1. The van der Waals surface area contributed by atoms with Crippen LogP contribution in [0.25, 0.3) is 33.9 Å². The first-order valence-corrected chi connectivity index (χ1v) is 13.7. The van der Waals surface area contributed by atoms with Crippen molar-refractivity contribution < 1.29 is 13.9 Å². The van der Waals surface area contributed by atoms with Gasteiger partial charge in [0.1, 0.15) is 11.6 Å². The van der Waals surface area contributed by atoms with Gasteiger partial charge in [-0.25, -0.2) is 8.78 Å². The van der Waals surface area contributed by atoms with E-state index in [9.17, 15) is 5.11 Å². The number of guanidine groups is 2. The fourth-order valence-corrected chi connectivity index (χ4v) is 5.33. The molecule has 10 nitrogen and oxygen atoms in total. The van der Waals surface area contributed by atoms with E-state index in [-0.39, 0.29) is 53.6 Å². The smallest absolute Gasteiger partial charge is 0.188 e. The van der Waals surface area contributed by atoms with Crippen LogP contribution in [0.2, 0.25) is 0 Å². The molecule has 3 aromatic rings. The minimum Gasteiger partial charge on any atom is -0.389 e. The number of halogens is 3. The molecule has 5 rings (SSSR count). The molecule has 2 aromatic carbocycles. The molecule has 13 heteroatoms. The van der Waals surface area contributed by atoms with Crippen molar-refractivity contribution in [2.24, 2.45) is 11.5 Å². The minimum atomic E-state index is -1.22. The van der Waals surface area contributed by atoms with Crippen LogP contribution in [0, 0.1) is 22.5 Å². The minimum absolute atomic E-state index is 0. The fraction of sp³-hybridized carbons (Fsp3) is 0.333. The summed E-state index contributed by atoms with van der Waals surface area (Å²) in [4.78, 5) is 3.46. The second-order valence-electron chi connectivity index (χ2n) is 11.3. The van der Waals surface area contributed by atoms with E-state index in [4.69, 9.17) is 22.3 Å². The predicted octanol–water partition coefficient (Wildman–Crippen LogP) is 4.05. The first-order chi connectivity index (χ1) is 19.9. The van der Waals surface area contributed by atoms with Gasteiger partial charge in [0.05, 0.1) is 23.3 Å². The van der Waals surface area contributed by atoms with Gasteiger partial charge in [0, 0.05) is 26.2 Å². The molecule has 0 fully saturated rings. The Morgan fingerprint density at radius 1 is 0.837 bits per heavy atom. The topological polar surface area (TPSA) is 157 Å². The number of benzene rings is 2. The summed E-state index contributed by atoms with van der Waals surface area (Å²) in [6.07, 6.45) is 5.11. The number of aromatic nitrogens is 3. The van der Waals surface area contributed by atoms with E-state index in [1.807, 2.05) is 12.2 Å². The van der Waals surface area contributed by atoms with Gasteiger partial charge in [0.2, 0.25) is 0 Å². The molecule has 0 atom stereocenters. The first-order valence-electron chi connectivity index (χ1n) is 13.7. The van der Waals surface area contributed by atoms with Gasteiger partial charge in [-0.3, -0.25) is 10.8 Å². The monoisotopic (exact) mass is 611 g/mol. The third-order valence-corrected chi connectivity index (χ3v) is 7.56. The molecule has 7 N–H and O–H groups in total. The van der Waals surface area contributed by atoms with E-state index in [1.165, 1.54) is 12.1 Å². The Balaban J connectivity index is 0.00000423. The zero-order chi connectivity index (χ0) is 30.2. The van der Waals surface area contributed by atoms with E-state index < -0.39 is 17.2 Å². The number of nitrogens with two attached hydrogens (primary N) is 2. The Bertz CT molecular complexity index is 1500. The maximum Gasteiger partial charge on any atom is 0.188 e. The molecule has 2 aliphatic heterocycles. The molecule has 0 bridgehead atoms. The molecule has 0 unspecified atom stereocenters. The fourth-order valence-electron chi connectivity index (χ4n) is 5.33. The van der Waals surface area contributed by atoms with Gasteiger partial charge in [-0.15, -0.1) is 22.6 Å². The van der Waals surface area contributed by atoms with Crippen molar-refractivity contribution in [1.29, 1.82) is 10.8 Å². The van der Waals surface area contributed by atoms with Gasteiger partial charge >= 0.3 is 0 Å². The summed E-state index contributed by atoms with van der Waals surface area (Å²) in [7, 11) is 0. The second-order valence-corrected chi connectivity index (χ2v) is 11.3. The predicted molar refractivity (Wildman–Crippen MR) is 167 cm³/mol. The first kappa shape index (κ1) is 31.6. The summed E-state index contributed by atoms with van der Waals surface area (Å²) in [5.41, 5.74) is 13.7. The average molecular weight is 612 g/mol. The Labute approximate surface area is 255 Å². The van der Waals surface area contributed by atoms with Crippen LogP contribution in [0.5, 0.6) is 0 Å². The van der Waals surface area contributed by atoms with Gasteiger partial charge in [0.25, 0.3) is 0 Å². The van der Waals surface area contributed by atoms with E-state index in [0.29, 0.717) is 39.0 Å². The highest BCUT2D eigenvalue weighted by Crippen LogP contribution is 2.33. The highest BCUT2D eigenvalue weighted by Gasteiger charge is 2.26. The lowest BCUT2D eigenvalue weighted by Gasteiger charge is -2.26. The van der Waals surface area contributed by atoms with Crippen LogP contribution in [-0.2, 0) is 6.54 Å². The number of nitrogens with zero attached hydrogens (tertiary/aromatic N) is 5. The van der Waals surface area contributed by atoms with Gasteiger partial charge < -0.3 is 30.9 Å². The molecule has 2 aliphatic rings. The quantitative estimate of drug-likeness (QED) is 0.208. The third kappa shape index (κ3) is 6.86. The Morgan fingerprint density at radius 2 is 1.26 bits per heavy atom. The summed E-state index contributed by atoms with van der Waals surface area (Å²) < 4.78 is 32.7. The molecule has 0 spiro atoms. The van der Waals surface area contributed by atoms with Crippen LogP contribution in [0.3, 0.4) is 0 Å². The van der Waals surface area contributed by atoms with E-state index in [0.717, 1.165) is 22.3 Å². The molecular formula is C30H36ClF2N9O. The van der Waals surface area contributed by atoms with Crippen molar-refractivity contribution in [2.75, 3.05) is 26.2 Å². The molecule has 43 heavy (non-hydrogen) atoms. The Kier molecular flexibility index (Phi) is 9.21. The molecule has 0 aliphatic carbocycles. The maximum absolute atomic E-state index is 15.6. The van der Waals surface area contributed by atoms with Gasteiger partial charge in [-0.2, -0.15) is 0 Å². The normalized spacial score (nSPS) is 15.5. The maximum atomic E-state index is 15.6. The van der Waals surface area contributed by atoms with Crippen molar-refractivity contribution in [3.63, 3.8) is 0 Å². The van der Waals surface area contributed by atoms with Crippen LogP contribution in [0.1, 0.15) is 37.8 Å². The third-order valence-electron chi connectivity index (χ3n) is 7.56. The Morgan fingerprint density at radius 3 is 1.56 bits per heavy atom. The lowest BCUT2D eigenvalue weighted by atomic mass is 9.97. The molecule has 0 saturated carbocycles. The molecule has 3 heterocycles. The molecule has 0 amide bonds. The highest BCUT2D eigenvalue weighted by molar-refractivity contribution is 5.85. The lowest BCUT2D eigenvalue weighted by molar-refractivity contribution is 0.0623. The molecule has 228 valence electrons. The lowest BCUT2D eigenvalue weighted by Crippen LogP contribution is -2.39. The summed E-state index contributed by atoms with van der Waals surface area (Å²) in [6.45, 7) is 5.34. The van der Waals surface area contributed by atoms with Gasteiger partial charge in [0.15, 0.2) is 23.6 Å². The van der Waals surface area contributed by atoms with E-state index >= 15 is 8.78 Å². The van der Waals surface area contributed by atoms with Crippen molar-refractivity contribution >= 4 is 35.5 Å². The van der Waals surface area contributed by atoms with Crippen LogP contribution in [0.4, 0.5) is 8.78 Å². The largest absolute Gasteiger partial charge is 0.389 e. The Hall–Kier alpha value is -4.29.